The van der Waals surface area contributed by atoms with Crippen LogP contribution < -0.4 is 11.1 Å². The number of amides is 2. The molecule has 0 saturated heterocycles. The van der Waals surface area contributed by atoms with Crippen molar-refractivity contribution >= 4 is 39.9 Å². The van der Waals surface area contributed by atoms with Crippen molar-refractivity contribution in [3.8, 4) is 0 Å². The number of anilines is 1. The number of nitrogens with zero attached hydrogens (tertiary/aromatic N) is 2. The molecule has 23 heavy (non-hydrogen) atoms. The predicted molar refractivity (Wildman–Crippen MR) is 90.0 cm³/mol. The number of aryl methyl sites for hydroxylation is 2. The van der Waals surface area contributed by atoms with Crippen molar-refractivity contribution in [3.63, 3.8) is 0 Å². The molecule has 7 nitrogen and oxygen atoms in total. The molecule has 0 unspecified atom stereocenters. The summed E-state index contributed by atoms with van der Waals surface area (Å²) < 4.78 is 0. The van der Waals surface area contributed by atoms with Gasteiger partial charge in [0.05, 0.1) is 11.3 Å². The first-order chi connectivity index (χ1) is 11.0. The maximum atomic E-state index is 12.1. The summed E-state index contributed by atoms with van der Waals surface area (Å²) in [4.78, 5) is 29.2. The average molecular weight is 351 g/mol. The topological polar surface area (TPSA) is 114 Å². The Labute approximate surface area is 141 Å². The van der Waals surface area contributed by atoms with Crippen molar-refractivity contribution in [1.29, 1.82) is 0 Å². The van der Waals surface area contributed by atoms with E-state index < -0.39 is 5.91 Å². The number of nitrogens with one attached hydrogen (secondary N) is 2. The van der Waals surface area contributed by atoms with Crippen molar-refractivity contribution in [1.82, 2.24) is 15.2 Å². The fourth-order valence-corrected chi connectivity index (χ4v) is 4.55. The minimum atomic E-state index is -0.475. The number of primary amides is 1. The van der Waals surface area contributed by atoms with Gasteiger partial charge in [-0.15, -0.1) is 16.4 Å². The summed E-state index contributed by atoms with van der Waals surface area (Å²) in [7, 11) is 0. The van der Waals surface area contributed by atoms with Gasteiger partial charge in [-0.3, -0.25) is 14.7 Å². The molecular formula is C14H17N5O2S2. The molecule has 3 rings (SSSR count). The zero-order chi connectivity index (χ0) is 16.4. The van der Waals surface area contributed by atoms with Gasteiger partial charge in [0, 0.05) is 4.88 Å². The van der Waals surface area contributed by atoms with Gasteiger partial charge in [0.1, 0.15) is 10.8 Å². The molecule has 2 aromatic heterocycles. The number of nitrogens with two attached hydrogens (primary N) is 1. The maximum absolute atomic E-state index is 12.1. The van der Waals surface area contributed by atoms with Crippen molar-refractivity contribution in [2.75, 3.05) is 11.1 Å². The number of rotatable bonds is 5. The van der Waals surface area contributed by atoms with Gasteiger partial charge in [0.15, 0.2) is 0 Å². The van der Waals surface area contributed by atoms with Crippen LogP contribution in [0.2, 0.25) is 0 Å². The molecule has 2 amide bonds. The third-order valence-corrected chi connectivity index (χ3v) is 5.63. The molecule has 2 aromatic rings. The average Bonchev–Trinajstić information content (AvgIpc) is 3.08. The number of carbonyl (C=O) groups excluding carboxylic acids is 2. The van der Waals surface area contributed by atoms with Crippen LogP contribution in [0.3, 0.4) is 0 Å². The molecule has 0 bridgehead atoms. The molecule has 9 heteroatoms. The Morgan fingerprint density at radius 2 is 2.17 bits per heavy atom. The molecule has 0 fully saturated rings. The van der Waals surface area contributed by atoms with Crippen molar-refractivity contribution in [3.05, 3.63) is 21.8 Å². The highest BCUT2D eigenvalue weighted by Crippen LogP contribution is 2.37. The van der Waals surface area contributed by atoms with Crippen LogP contribution in [0, 0.1) is 6.92 Å². The fraction of sp³-hybridized carbons (Fsp3) is 0.429. The molecule has 0 atom stereocenters. The Balaban J connectivity index is 1.70. The lowest BCUT2D eigenvalue weighted by Gasteiger charge is -2.11. The van der Waals surface area contributed by atoms with E-state index in [1.807, 2.05) is 0 Å². The molecule has 122 valence electrons. The van der Waals surface area contributed by atoms with Crippen LogP contribution in [0.1, 0.15) is 39.5 Å². The lowest BCUT2D eigenvalue weighted by Crippen LogP contribution is -2.19. The number of thioether (sulfide) groups is 1. The molecule has 4 N–H and O–H groups in total. The van der Waals surface area contributed by atoms with Crippen LogP contribution in [-0.2, 0) is 17.6 Å². The van der Waals surface area contributed by atoms with E-state index in [1.54, 1.807) is 6.92 Å². The number of aromatic nitrogens is 3. The summed E-state index contributed by atoms with van der Waals surface area (Å²) in [5, 5.41) is 10.6. The van der Waals surface area contributed by atoms with Crippen LogP contribution in [0.4, 0.5) is 5.00 Å². The monoisotopic (exact) mass is 351 g/mol. The highest BCUT2D eigenvalue weighted by molar-refractivity contribution is 7.99. The Morgan fingerprint density at radius 3 is 2.87 bits per heavy atom. The van der Waals surface area contributed by atoms with E-state index in [4.69, 9.17) is 5.73 Å². The number of carbonyl (C=O) groups is 2. The van der Waals surface area contributed by atoms with E-state index in [0.717, 1.165) is 36.1 Å². The SMILES string of the molecule is Cc1nc(SCC(=O)Nc2sc3c(c2C(N)=O)CCCC3)n[nH]1. The summed E-state index contributed by atoms with van der Waals surface area (Å²) in [5.74, 6) is 0.211. The van der Waals surface area contributed by atoms with Crippen LogP contribution >= 0.6 is 23.1 Å². The number of H-pyrrole nitrogens is 1. The second-order valence-corrected chi connectivity index (χ2v) is 7.37. The predicted octanol–water partition coefficient (Wildman–Crippen LogP) is 1.88. The Morgan fingerprint density at radius 1 is 1.39 bits per heavy atom. The van der Waals surface area contributed by atoms with Gasteiger partial charge in [0.25, 0.3) is 5.91 Å². The lowest BCUT2D eigenvalue weighted by atomic mass is 9.95. The second kappa shape index (κ2) is 6.71. The first-order valence-corrected chi connectivity index (χ1v) is 9.11. The van der Waals surface area contributed by atoms with Crippen LogP contribution in [-0.4, -0.2) is 32.7 Å². The van der Waals surface area contributed by atoms with Gasteiger partial charge in [-0.05, 0) is 38.2 Å². The Bertz CT molecular complexity index is 752. The first kappa shape index (κ1) is 16.0. The molecular weight excluding hydrogens is 334 g/mol. The maximum Gasteiger partial charge on any atom is 0.251 e. The minimum absolute atomic E-state index is 0.179. The Hall–Kier alpha value is -1.87. The summed E-state index contributed by atoms with van der Waals surface area (Å²) >= 11 is 2.71. The number of thiophene rings is 1. The van der Waals surface area contributed by atoms with Crippen molar-refractivity contribution in [2.45, 2.75) is 37.8 Å². The Kier molecular flexibility index (Phi) is 4.67. The normalized spacial score (nSPS) is 13.6. The van der Waals surface area contributed by atoms with E-state index >= 15 is 0 Å². The molecule has 0 radical (unpaired) electrons. The summed E-state index contributed by atoms with van der Waals surface area (Å²) in [6, 6.07) is 0. The number of hydrogen-bond acceptors (Lipinski definition) is 6. The molecule has 1 aliphatic rings. The molecule has 0 spiro atoms. The summed E-state index contributed by atoms with van der Waals surface area (Å²) in [5.41, 5.74) is 7.01. The third kappa shape index (κ3) is 3.56. The van der Waals surface area contributed by atoms with Crippen molar-refractivity contribution < 1.29 is 9.59 Å². The van der Waals surface area contributed by atoms with Gasteiger partial charge in [-0.1, -0.05) is 11.8 Å². The largest absolute Gasteiger partial charge is 0.365 e. The van der Waals surface area contributed by atoms with Crippen LogP contribution in [0.25, 0.3) is 0 Å². The van der Waals surface area contributed by atoms with Crippen LogP contribution in [0.15, 0.2) is 5.16 Å². The van der Waals surface area contributed by atoms with Crippen molar-refractivity contribution in [2.24, 2.45) is 5.73 Å². The molecule has 2 heterocycles. The minimum Gasteiger partial charge on any atom is -0.365 e. The van der Waals surface area contributed by atoms with E-state index in [-0.39, 0.29) is 11.7 Å². The number of hydrogen-bond donors (Lipinski definition) is 3. The van der Waals surface area contributed by atoms with Crippen LogP contribution in [0.5, 0.6) is 0 Å². The van der Waals surface area contributed by atoms with E-state index in [9.17, 15) is 9.59 Å². The summed E-state index contributed by atoms with van der Waals surface area (Å²) in [6.07, 6.45) is 3.96. The quantitative estimate of drug-likeness (QED) is 0.712. The molecule has 0 aromatic carbocycles. The number of aromatic amines is 1. The van der Waals surface area contributed by atoms with Gasteiger partial charge in [-0.2, -0.15) is 0 Å². The second-order valence-electron chi connectivity index (χ2n) is 5.32. The van der Waals surface area contributed by atoms with Gasteiger partial charge < -0.3 is 11.1 Å². The standard InChI is InChI=1S/C14H17N5O2S2/c1-7-16-14(19-18-7)22-6-10(20)17-13-11(12(15)21)8-4-2-3-5-9(8)23-13/h2-6H2,1H3,(H2,15,21)(H,17,20)(H,16,18,19). The van der Waals surface area contributed by atoms with E-state index in [0.29, 0.717) is 21.5 Å². The zero-order valence-electron chi connectivity index (χ0n) is 12.6. The highest BCUT2D eigenvalue weighted by atomic mass is 32.2. The zero-order valence-corrected chi connectivity index (χ0v) is 14.3. The molecule has 1 aliphatic carbocycles. The third-order valence-electron chi connectivity index (χ3n) is 3.58. The van der Waals surface area contributed by atoms with E-state index in [1.165, 1.54) is 23.1 Å². The smallest absolute Gasteiger partial charge is 0.251 e. The first-order valence-electron chi connectivity index (χ1n) is 7.30. The van der Waals surface area contributed by atoms with Gasteiger partial charge in [0.2, 0.25) is 11.1 Å². The molecule has 0 aliphatic heterocycles. The van der Waals surface area contributed by atoms with E-state index in [2.05, 4.69) is 20.5 Å². The lowest BCUT2D eigenvalue weighted by molar-refractivity contribution is -0.113. The van der Waals surface area contributed by atoms with Gasteiger partial charge >= 0.3 is 0 Å². The summed E-state index contributed by atoms with van der Waals surface area (Å²) in [6.45, 7) is 1.80. The van der Waals surface area contributed by atoms with Gasteiger partial charge in [-0.25, -0.2) is 4.98 Å². The molecule has 0 saturated carbocycles. The number of fused-ring (bicyclic) bond motifs is 1. The highest BCUT2D eigenvalue weighted by Gasteiger charge is 2.24. The fourth-order valence-electron chi connectivity index (χ4n) is 2.59.